The van der Waals surface area contributed by atoms with Crippen molar-refractivity contribution in [2.75, 3.05) is 6.61 Å². The van der Waals surface area contributed by atoms with E-state index in [0.717, 1.165) is 0 Å². The van der Waals surface area contributed by atoms with Crippen LogP contribution in [0.1, 0.15) is 13.8 Å². The Morgan fingerprint density at radius 1 is 1.62 bits per heavy atom. The lowest BCUT2D eigenvalue weighted by molar-refractivity contribution is 0.00367. The van der Waals surface area contributed by atoms with Gasteiger partial charge in [-0.2, -0.15) is 0 Å². The zero-order chi connectivity index (χ0) is 10.1. The first kappa shape index (κ1) is 10.7. The molecule has 1 fully saturated rings. The summed E-state index contributed by atoms with van der Waals surface area (Å²) in [6, 6.07) is 0. The van der Waals surface area contributed by atoms with E-state index in [1.54, 1.807) is 6.92 Å². The minimum atomic E-state index is -1.35. The average molecular weight is 197 g/mol. The van der Waals surface area contributed by atoms with E-state index in [2.05, 4.69) is 0 Å². The molecule has 4 nitrogen and oxygen atoms in total. The molecule has 0 unspecified atom stereocenters. The maximum absolute atomic E-state index is 9.81. The van der Waals surface area contributed by atoms with Crippen LogP contribution in [-0.4, -0.2) is 45.8 Å². The van der Waals surface area contributed by atoms with Crippen molar-refractivity contribution >= 4 is 0 Å². The van der Waals surface area contributed by atoms with Gasteiger partial charge in [0.2, 0.25) is 0 Å². The van der Waals surface area contributed by atoms with Gasteiger partial charge in [0.05, 0.1) is 18.8 Å². The van der Waals surface area contributed by atoms with E-state index in [-0.39, 0.29) is 12.2 Å². The number of hydrogen-bond donors (Lipinski definition) is 3. The van der Waals surface area contributed by atoms with Gasteiger partial charge in [-0.3, -0.25) is 0 Å². The zero-order valence-electron chi connectivity index (χ0n) is 7.84. The molecule has 4 atom stereocenters. The summed E-state index contributed by atoms with van der Waals surface area (Å²) in [6.45, 7) is 3.00. The maximum atomic E-state index is 9.81. The predicted molar refractivity (Wildman–Crippen MR) is 47.2 cm³/mol. The SMILES string of the molecule is [13CH3][13C@@H]1O[13C@H]1[13C@@](O)(/[13CH]=[13CH]/[13C@@H]([13CH3])O)[13CH2]O. The molecule has 76 valence electrons. The van der Waals surface area contributed by atoms with Crippen molar-refractivity contribution in [3.8, 4) is 0 Å². The van der Waals surface area contributed by atoms with E-state index in [1.807, 2.05) is 6.92 Å². The quantitative estimate of drug-likeness (QED) is 0.321. The largest absolute Gasteiger partial charge is 0.393 e. The highest BCUT2D eigenvalue weighted by Crippen LogP contribution is 2.32. The summed E-state index contributed by atoms with van der Waals surface area (Å²) in [5, 5.41) is 27.7. The van der Waals surface area contributed by atoms with Crippen LogP contribution in [-0.2, 0) is 4.74 Å². The van der Waals surface area contributed by atoms with E-state index in [1.165, 1.54) is 12.2 Å². The third kappa shape index (κ3) is 2.51. The molecule has 0 spiro atoms. The molecule has 1 aliphatic rings. The van der Waals surface area contributed by atoms with Crippen LogP contribution in [0.4, 0.5) is 0 Å². The molecule has 0 saturated carbocycles. The van der Waals surface area contributed by atoms with Crippen molar-refractivity contribution in [3.05, 3.63) is 12.2 Å². The highest BCUT2D eigenvalue weighted by Gasteiger charge is 2.49. The fourth-order valence-electron chi connectivity index (χ4n) is 1.25. The van der Waals surface area contributed by atoms with Crippen LogP contribution >= 0.6 is 0 Å². The van der Waals surface area contributed by atoms with Crippen LogP contribution in [0.3, 0.4) is 0 Å². The molecule has 0 amide bonds. The Kier molecular flexibility index (Phi) is 3.08. The normalized spacial score (nSPS) is 34.5. The fourth-order valence-corrected chi connectivity index (χ4v) is 1.25. The van der Waals surface area contributed by atoms with Crippen LogP contribution in [0.2, 0.25) is 0 Å². The molecule has 0 radical (unpaired) electrons. The number of aliphatic hydroxyl groups excluding tert-OH is 2. The lowest BCUT2D eigenvalue weighted by Gasteiger charge is -2.19. The number of rotatable bonds is 4. The molecule has 3 N–H and O–H groups in total. The molecule has 1 saturated heterocycles. The number of epoxide rings is 1. The number of hydrogen-bond acceptors (Lipinski definition) is 4. The van der Waals surface area contributed by atoms with Gasteiger partial charge in [-0.1, -0.05) is 6.08 Å². The standard InChI is InChI=1S/C9H16O4/c1-6(11)3-4-9(12,5-10)8-7(2)13-8/h3-4,6-8,10-12H,5H2,1-2H3/b4-3+/t6-,7+,8-,9-/m1/s1/i1+1,2+1,3+1,4+1,5+1,6+1,7+1,8+1,9+1. The van der Waals surface area contributed by atoms with Crippen molar-refractivity contribution in [1.29, 1.82) is 0 Å². The molecular formula is C9H16O4. The van der Waals surface area contributed by atoms with Crippen LogP contribution in [0.25, 0.3) is 0 Å². The third-order valence-electron chi connectivity index (χ3n) is 2.12. The van der Waals surface area contributed by atoms with Gasteiger partial charge in [0, 0.05) is 0 Å². The number of aliphatic hydroxyl groups is 3. The molecule has 13 heavy (non-hydrogen) atoms. The maximum Gasteiger partial charge on any atom is 0.134 e. The van der Waals surface area contributed by atoms with Gasteiger partial charge in [0.15, 0.2) is 0 Å². The minimum absolute atomic E-state index is 0.0317. The van der Waals surface area contributed by atoms with Crippen molar-refractivity contribution < 1.29 is 20.1 Å². The summed E-state index contributed by atoms with van der Waals surface area (Å²) in [5.41, 5.74) is -1.35. The summed E-state index contributed by atoms with van der Waals surface area (Å²) in [7, 11) is 0. The minimum Gasteiger partial charge on any atom is -0.393 e. The Morgan fingerprint density at radius 2 is 2.15 bits per heavy atom. The van der Waals surface area contributed by atoms with E-state index in [9.17, 15) is 5.11 Å². The Labute approximate surface area is 77.5 Å². The summed E-state index contributed by atoms with van der Waals surface area (Å²) < 4.78 is 5.06. The number of ether oxygens (including phenoxy) is 1. The second kappa shape index (κ2) is 3.75. The molecule has 1 aliphatic heterocycles. The Balaban J connectivity index is 2.59. The summed E-state index contributed by atoms with van der Waals surface area (Å²) in [4.78, 5) is 0. The molecule has 4 heteroatoms. The van der Waals surface area contributed by atoms with E-state index in [4.69, 9.17) is 14.9 Å². The molecule has 1 rings (SSSR count). The molecule has 0 bridgehead atoms. The first-order valence-electron chi connectivity index (χ1n) is 4.36. The lowest BCUT2D eigenvalue weighted by atomic mass is 11.0. The van der Waals surface area contributed by atoms with Crippen molar-refractivity contribution in [2.24, 2.45) is 0 Å². The van der Waals surface area contributed by atoms with Crippen LogP contribution < -0.4 is 0 Å². The highest BCUT2D eigenvalue weighted by atomic mass is 16.8. The monoisotopic (exact) mass is 197 g/mol. The second-order valence-corrected chi connectivity index (χ2v) is 3.51. The molecular weight excluding hydrogens is 181 g/mol. The van der Waals surface area contributed by atoms with E-state index >= 15 is 0 Å². The molecule has 0 aliphatic carbocycles. The zero-order valence-corrected chi connectivity index (χ0v) is 7.84. The van der Waals surface area contributed by atoms with E-state index < -0.39 is 18.3 Å². The van der Waals surface area contributed by atoms with Gasteiger partial charge in [-0.25, -0.2) is 0 Å². The van der Waals surface area contributed by atoms with Crippen LogP contribution in [0, 0.1) is 0 Å². The molecule has 0 aromatic rings. The Bertz CT molecular complexity index is 202. The molecule has 0 aromatic heterocycles. The van der Waals surface area contributed by atoms with Crippen molar-refractivity contribution in [2.45, 2.75) is 37.8 Å². The highest BCUT2D eigenvalue weighted by molar-refractivity contribution is 5.12. The summed E-state index contributed by atoms with van der Waals surface area (Å²) >= 11 is 0. The smallest absolute Gasteiger partial charge is 0.134 e. The molecule has 0 aromatic carbocycles. The first-order valence-corrected chi connectivity index (χ1v) is 4.36. The van der Waals surface area contributed by atoms with Gasteiger partial charge in [0.1, 0.15) is 11.7 Å². The fraction of sp³-hybridized carbons (Fsp3) is 0.778. The average Bonchev–Trinajstić information content (AvgIpc) is 2.79. The summed E-state index contributed by atoms with van der Waals surface area (Å²) in [6.07, 6.45) is 1.81. The Morgan fingerprint density at radius 3 is 2.46 bits per heavy atom. The van der Waals surface area contributed by atoms with Crippen molar-refractivity contribution in [3.63, 3.8) is 0 Å². The van der Waals surface area contributed by atoms with Gasteiger partial charge in [-0.05, 0) is 19.9 Å². The van der Waals surface area contributed by atoms with Gasteiger partial charge >= 0.3 is 0 Å². The Hall–Kier alpha value is -0.420. The van der Waals surface area contributed by atoms with Crippen molar-refractivity contribution in [1.82, 2.24) is 0 Å². The lowest BCUT2D eigenvalue weighted by Crippen LogP contribution is -2.38. The van der Waals surface area contributed by atoms with Crippen LogP contribution in [0.5, 0.6) is 0 Å². The first-order chi connectivity index (χ1) is 5.99. The molecule has 1 heterocycles. The second-order valence-electron chi connectivity index (χ2n) is 3.51. The predicted octanol–water partition coefficient (Wildman–Crippen LogP) is -0.566. The van der Waals surface area contributed by atoms with E-state index in [0.29, 0.717) is 0 Å². The van der Waals surface area contributed by atoms with Gasteiger partial charge in [-0.15, -0.1) is 0 Å². The van der Waals surface area contributed by atoms with Gasteiger partial charge in [0.25, 0.3) is 0 Å². The third-order valence-corrected chi connectivity index (χ3v) is 2.12. The van der Waals surface area contributed by atoms with Crippen LogP contribution in [0.15, 0.2) is 12.2 Å². The topological polar surface area (TPSA) is 73.2 Å². The summed E-state index contributed by atoms with van der Waals surface area (Å²) in [5.74, 6) is 0. The van der Waals surface area contributed by atoms with Gasteiger partial charge < -0.3 is 20.1 Å².